The van der Waals surface area contributed by atoms with Crippen LogP contribution in [0.4, 0.5) is 13.2 Å². The van der Waals surface area contributed by atoms with Gasteiger partial charge in [-0.1, -0.05) is 0 Å². The molecule has 0 bridgehead atoms. The summed E-state index contributed by atoms with van der Waals surface area (Å²) in [6.07, 6.45) is -2.91. The van der Waals surface area contributed by atoms with E-state index in [0.717, 1.165) is 6.07 Å². The van der Waals surface area contributed by atoms with Crippen molar-refractivity contribution in [1.82, 2.24) is 4.98 Å². The molecule has 0 amide bonds. The summed E-state index contributed by atoms with van der Waals surface area (Å²) in [5.41, 5.74) is -0.480. The van der Waals surface area contributed by atoms with Crippen LogP contribution < -0.4 is 4.74 Å². The summed E-state index contributed by atoms with van der Waals surface area (Å²) in [5.74, 6) is -1.34. The lowest BCUT2D eigenvalue weighted by molar-refractivity contribution is 0.140. The van der Waals surface area contributed by atoms with Crippen LogP contribution in [-0.4, -0.2) is 12.1 Å². The Hall–Kier alpha value is -1.26. The first-order chi connectivity index (χ1) is 6.06. The number of hydrogen-bond acceptors (Lipinski definition) is 2. The van der Waals surface area contributed by atoms with Gasteiger partial charge in [0.25, 0.3) is 6.43 Å². The minimum atomic E-state index is -2.91. The highest BCUT2D eigenvalue weighted by Crippen LogP contribution is 2.29. The van der Waals surface area contributed by atoms with Gasteiger partial charge in [0.05, 0.1) is 7.11 Å². The molecule has 13 heavy (non-hydrogen) atoms. The van der Waals surface area contributed by atoms with E-state index in [1.807, 2.05) is 0 Å². The number of nitrogens with zero attached hydrogens (tertiary/aromatic N) is 1. The maximum atomic E-state index is 12.9. The Morgan fingerprint density at radius 1 is 1.46 bits per heavy atom. The second-order valence-electron chi connectivity index (χ2n) is 2.47. The normalized spacial score (nSPS) is 10.6. The summed E-state index contributed by atoms with van der Waals surface area (Å²) >= 11 is 0. The van der Waals surface area contributed by atoms with Crippen LogP contribution in [-0.2, 0) is 0 Å². The first-order valence-corrected chi connectivity index (χ1v) is 3.55. The van der Waals surface area contributed by atoms with Crippen molar-refractivity contribution in [2.75, 3.05) is 7.11 Å². The van der Waals surface area contributed by atoms with Crippen molar-refractivity contribution in [2.45, 2.75) is 13.3 Å². The Morgan fingerprint density at radius 3 is 2.54 bits per heavy atom. The SMILES string of the molecule is COc1nc(C)cc(F)c1C(F)F. The lowest BCUT2D eigenvalue weighted by atomic mass is 10.2. The zero-order valence-corrected chi connectivity index (χ0v) is 7.14. The molecule has 0 spiro atoms. The van der Waals surface area contributed by atoms with E-state index in [1.165, 1.54) is 14.0 Å². The van der Waals surface area contributed by atoms with Crippen molar-refractivity contribution in [2.24, 2.45) is 0 Å². The monoisotopic (exact) mass is 191 g/mol. The molecule has 1 aromatic rings. The van der Waals surface area contributed by atoms with Crippen LogP contribution in [0.5, 0.6) is 5.88 Å². The number of halogens is 3. The molecule has 0 aromatic carbocycles. The van der Waals surface area contributed by atoms with Crippen LogP contribution in [0.15, 0.2) is 6.07 Å². The van der Waals surface area contributed by atoms with Crippen molar-refractivity contribution < 1.29 is 17.9 Å². The Morgan fingerprint density at radius 2 is 2.08 bits per heavy atom. The van der Waals surface area contributed by atoms with Crippen molar-refractivity contribution in [1.29, 1.82) is 0 Å². The molecule has 1 aromatic heterocycles. The zero-order chi connectivity index (χ0) is 10.0. The summed E-state index contributed by atoms with van der Waals surface area (Å²) in [4.78, 5) is 3.63. The zero-order valence-electron chi connectivity index (χ0n) is 7.14. The van der Waals surface area contributed by atoms with Gasteiger partial charge in [-0.15, -0.1) is 0 Å². The molecule has 0 aliphatic rings. The molecule has 0 unspecified atom stereocenters. The van der Waals surface area contributed by atoms with Crippen molar-refractivity contribution in [3.8, 4) is 5.88 Å². The predicted octanol–water partition coefficient (Wildman–Crippen LogP) is 2.48. The molecule has 0 radical (unpaired) electrons. The molecule has 1 heterocycles. The number of aryl methyl sites for hydroxylation is 1. The molecule has 0 aliphatic heterocycles. The Labute approximate surface area is 73.4 Å². The topological polar surface area (TPSA) is 22.1 Å². The minimum Gasteiger partial charge on any atom is -0.481 e. The summed E-state index contributed by atoms with van der Waals surface area (Å²) in [6.45, 7) is 1.50. The molecule has 0 N–H and O–H groups in total. The van der Waals surface area contributed by atoms with E-state index in [2.05, 4.69) is 9.72 Å². The van der Waals surface area contributed by atoms with Gasteiger partial charge < -0.3 is 4.74 Å². The van der Waals surface area contributed by atoms with E-state index in [9.17, 15) is 13.2 Å². The third-order valence-electron chi connectivity index (χ3n) is 1.51. The third kappa shape index (κ3) is 1.91. The first-order valence-electron chi connectivity index (χ1n) is 3.55. The molecule has 72 valence electrons. The number of aromatic nitrogens is 1. The number of pyridine rings is 1. The van der Waals surface area contributed by atoms with Crippen LogP contribution in [0.3, 0.4) is 0 Å². The van der Waals surface area contributed by atoms with E-state index in [1.54, 1.807) is 0 Å². The van der Waals surface area contributed by atoms with Crippen LogP contribution in [0.25, 0.3) is 0 Å². The van der Waals surface area contributed by atoms with E-state index >= 15 is 0 Å². The van der Waals surface area contributed by atoms with Crippen molar-refractivity contribution in [3.63, 3.8) is 0 Å². The fourth-order valence-electron chi connectivity index (χ4n) is 0.969. The lowest BCUT2D eigenvalue weighted by Crippen LogP contribution is -2.00. The second kappa shape index (κ2) is 3.64. The molecule has 0 saturated heterocycles. The highest BCUT2D eigenvalue weighted by Gasteiger charge is 2.20. The molecule has 0 atom stereocenters. The predicted molar refractivity (Wildman–Crippen MR) is 40.4 cm³/mol. The summed E-state index contributed by atoms with van der Waals surface area (Å²) < 4.78 is 42.0. The van der Waals surface area contributed by atoms with Gasteiger partial charge in [0, 0.05) is 5.69 Å². The summed E-state index contributed by atoms with van der Waals surface area (Å²) in [6, 6.07) is 0.948. The third-order valence-corrected chi connectivity index (χ3v) is 1.51. The molecule has 1 rings (SSSR count). The molecule has 2 nitrogen and oxygen atoms in total. The van der Waals surface area contributed by atoms with Gasteiger partial charge in [-0.2, -0.15) is 0 Å². The standard InChI is InChI=1S/C8H8F3NO/c1-4-3-5(9)6(7(10)11)8(12-4)13-2/h3,7H,1-2H3. The van der Waals surface area contributed by atoms with Crippen LogP contribution in [0, 0.1) is 12.7 Å². The van der Waals surface area contributed by atoms with Gasteiger partial charge in [-0.05, 0) is 13.0 Å². The van der Waals surface area contributed by atoms with E-state index in [-0.39, 0.29) is 5.88 Å². The molecule has 0 fully saturated rings. The molecular weight excluding hydrogens is 183 g/mol. The van der Waals surface area contributed by atoms with Gasteiger partial charge in [-0.3, -0.25) is 0 Å². The van der Waals surface area contributed by atoms with Crippen LogP contribution >= 0.6 is 0 Å². The van der Waals surface area contributed by atoms with Crippen molar-refractivity contribution in [3.05, 3.63) is 23.1 Å². The highest BCUT2D eigenvalue weighted by atomic mass is 19.3. The minimum absolute atomic E-state index is 0.304. The number of methoxy groups -OCH3 is 1. The fourth-order valence-corrected chi connectivity index (χ4v) is 0.969. The summed E-state index contributed by atoms with van der Waals surface area (Å²) in [7, 11) is 1.17. The number of ether oxygens (including phenoxy) is 1. The second-order valence-corrected chi connectivity index (χ2v) is 2.47. The molecule has 0 aliphatic carbocycles. The largest absolute Gasteiger partial charge is 0.481 e. The van der Waals surface area contributed by atoms with Crippen molar-refractivity contribution >= 4 is 0 Å². The fraction of sp³-hybridized carbons (Fsp3) is 0.375. The van der Waals surface area contributed by atoms with Gasteiger partial charge in [0.1, 0.15) is 11.4 Å². The van der Waals surface area contributed by atoms with E-state index in [0.29, 0.717) is 5.69 Å². The van der Waals surface area contributed by atoms with Crippen LogP contribution in [0.2, 0.25) is 0 Å². The van der Waals surface area contributed by atoms with Gasteiger partial charge >= 0.3 is 0 Å². The Kier molecular flexibility index (Phi) is 2.75. The Bertz CT molecular complexity index is 315. The lowest BCUT2D eigenvalue weighted by Gasteiger charge is -2.08. The van der Waals surface area contributed by atoms with Gasteiger partial charge in [0.15, 0.2) is 0 Å². The number of rotatable bonds is 2. The molecule has 0 saturated carbocycles. The maximum Gasteiger partial charge on any atom is 0.271 e. The van der Waals surface area contributed by atoms with Gasteiger partial charge in [-0.25, -0.2) is 18.2 Å². The average Bonchev–Trinajstić information content (AvgIpc) is 2.01. The quantitative estimate of drug-likeness (QED) is 0.716. The maximum absolute atomic E-state index is 12.9. The van der Waals surface area contributed by atoms with E-state index < -0.39 is 17.8 Å². The van der Waals surface area contributed by atoms with E-state index in [4.69, 9.17) is 0 Å². The molecular formula is C8H8F3NO. The van der Waals surface area contributed by atoms with Crippen LogP contribution in [0.1, 0.15) is 17.7 Å². The first kappa shape index (κ1) is 9.83. The average molecular weight is 191 g/mol. The van der Waals surface area contributed by atoms with Gasteiger partial charge in [0.2, 0.25) is 5.88 Å². The highest BCUT2D eigenvalue weighted by molar-refractivity contribution is 5.30. The Balaban J connectivity index is 3.30. The number of alkyl halides is 2. The smallest absolute Gasteiger partial charge is 0.271 e. The molecule has 5 heteroatoms. The number of hydrogen-bond donors (Lipinski definition) is 0. The summed E-state index contributed by atoms with van der Waals surface area (Å²) in [5, 5.41) is 0.